The summed E-state index contributed by atoms with van der Waals surface area (Å²) in [6.07, 6.45) is 2.94. The largest absolute Gasteiger partial charge is 0.497 e. The van der Waals surface area contributed by atoms with Crippen LogP contribution in [0.4, 0.5) is 0 Å². The normalized spacial score (nSPS) is 19.4. The van der Waals surface area contributed by atoms with Gasteiger partial charge >= 0.3 is 0 Å². The zero-order valence-corrected chi connectivity index (χ0v) is 12.2. The molecule has 0 spiro atoms. The summed E-state index contributed by atoms with van der Waals surface area (Å²) in [5.74, 6) is 0.820. The van der Waals surface area contributed by atoms with E-state index >= 15 is 0 Å². The second kappa shape index (κ2) is 6.97. The number of rotatable bonds is 4. The van der Waals surface area contributed by atoms with Crippen molar-refractivity contribution in [3.05, 3.63) is 29.8 Å². The Morgan fingerprint density at radius 3 is 3.05 bits per heavy atom. The van der Waals surface area contributed by atoms with Gasteiger partial charge in [-0.3, -0.25) is 4.79 Å². The number of methoxy groups -OCH3 is 1. The van der Waals surface area contributed by atoms with Crippen molar-refractivity contribution in [2.24, 2.45) is 10.9 Å². The van der Waals surface area contributed by atoms with Crippen molar-refractivity contribution in [1.29, 1.82) is 0 Å². The molecule has 6 nitrogen and oxygen atoms in total. The fourth-order valence-electron chi connectivity index (χ4n) is 2.66. The lowest BCUT2D eigenvalue weighted by molar-refractivity contribution is -0.132. The summed E-state index contributed by atoms with van der Waals surface area (Å²) < 4.78 is 5.16. The van der Waals surface area contributed by atoms with Crippen LogP contribution in [0.3, 0.4) is 0 Å². The van der Waals surface area contributed by atoms with Crippen LogP contribution in [0.25, 0.3) is 0 Å². The summed E-state index contributed by atoms with van der Waals surface area (Å²) in [6, 6.07) is 7.14. The molecule has 1 aromatic carbocycles. The molecule has 1 atom stereocenters. The fourth-order valence-corrected chi connectivity index (χ4v) is 2.66. The molecule has 0 aromatic heterocycles. The third-order valence-electron chi connectivity index (χ3n) is 3.77. The molecule has 1 aromatic rings. The number of nitrogens with two attached hydrogens (primary N) is 1. The Balaban J connectivity index is 2.10. The maximum atomic E-state index is 12.5. The molecule has 1 heterocycles. The van der Waals surface area contributed by atoms with E-state index in [-0.39, 0.29) is 24.2 Å². The van der Waals surface area contributed by atoms with E-state index in [0.29, 0.717) is 6.54 Å². The van der Waals surface area contributed by atoms with Crippen LogP contribution in [0.1, 0.15) is 24.8 Å². The number of hydrogen-bond acceptors (Lipinski definition) is 4. The van der Waals surface area contributed by atoms with Crippen molar-refractivity contribution < 1.29 is 14.7 Å². The number of ether oxygens (including phenoxy) is 1. The molecule has 3 N–H and O–H groups in total. The molecule has 2 rings (SSSR count). The van der Waals surface area contributed by atoms with Crippen molar-refractivity contribution in [3.63, 3.8) is 0 Å². The zero-order valence-electron chi connectivity index (χ0n) is 12.2. The average Bonchev–Trinajstić information content (AvgIpc) is 2.54. The molecule has 6 heteroatoms. The van der Waals surface area contributed by atoms with Crippen molar-refractivity contribution in [2.45, 2.75) is 31.7 Å². The van der Waals surface area contributed by atoms with Crippen LogP contribution in [0.2, 0.25) is 0 Å². The summed E-state index contributed by atoms with van der Waals surface area (Å²) in [4.78, 5) is 14.2. The first-order valence-corrected chi connectivity index (χ1v) is 7.05. The lowest BCUT2D eigenvalue weighted by atomic mass is 10.00. The summed E-state index contributed by atoms with van der Waals surface area (Å²) in [7, 11) is 1.60. The number of amides is 1. The van der Waals surface area contributed by atoms with Crippen LogP contribution in [-0.2, 0) is 11.2 Å². The molecule has 0 radical (unpaired) electrons. The second-order valence-corrected chi connectivity index (χ2v) is 5.15. The molecule has 1 unspecified atom stereocenters. The number of carbonyl (C=O) groups excluding carboxylic acids is 1. The maximum absolute atomic E-state index is 12.5. The monoisotopic (exact) mass is 291 g/mol. The number of oxime groups is 1. The number of carbonyl (C=O) groups is 1. The summed E-state index contributed by atoms with van der Waals surface area (Å²) in [6.45, 7) is 0.643. The third kappa shape index (κ3) is 3.65. The molecule has 1 saturated heterocycles. The van der Waals surface area contributed by atoms with E-state index in [1.54, 1.807) is 12.0 Å². The van der Waals surface area contributed by atoms with E-state index in [1.807, 2.05) is 24.3 Å². The number of benzene rings is 1. The van der Waals surface area contributed by atoms with Crippen LogP contribution < -0.4 is 10.5 Å². The average molecular weight is 291 g/mol. The minimum atomic E-state index is -0.304. The number of likely N-dealkylation sites (tertiary alicyclic amines) is 1. The van der Waals surface area contributed by atoms with E-state index in [2.05, 4.69) is 5.16 Å². The minimum Gasteiger partial charge on any atom is -0.497 e. The highest BCUT2D eigenvalue weighted by atomic mass is 16.5. The van der Waals surface area contributed by atoms with Crippen molar-refractivity contribution >= 4 is 11.7 Å². The van der Waals surface area contributed by atoms with E-state index < -0.39 is 0 Å². The molecule has 0 saturated carbocycles. The lowest BCUT2D eigenvalue weighted by Crippen LogP contribution is -2.51. The van der Waals surface area contributed by atoms with Gasteiger partial charge in [-0.25, -0.2) is 0 Å². The van der Waals surface area contributed by atoms with Gasteiger partial charge in [0.15, 0.2) is 5.84 Å². The molecule has 1 fully saturated rings. The molecule has 21 heavy (non-hydrogen) atoms. The Bertz CT molecular complexity index is 531. The third-order valence-corrected chi connectivity index (χ3v) is 3.77. The van der Waals surface area contributed by atoms with Gasteiger partial charge in [-0.2, -0.15) is 0 Å². The Kier molecular flexibility index (Phi) is 5.03. The quantitative estimate of drug-likeness (QED) is 0.379. The van der Waals surface area contributed by atoms with E-state index in [4.69, 9.17) is 15.7 Å². The summed E-state index contributed by atoms with van der Waals surface area (Å²) in [5.41, 5.74) is 6.59. The van der Waals surface area contributed by atoms with Crippen molar-refractivity contribution in [1.82, 2.24) is 4.90 Å². The number of nitrogens with zero attached hydrogens (tertiary/aromatic N) is 2. The topological polar surface area (TPSA) is 88.2 Å². The maximum Gasteiger partial charge on any atom is 0.227 e. The van der Waals surface area contributed by atoms with Gasteiger partial charge in [0, 0.05) is 6.54 Å². The Morgan fingerprint density at radius 1 is 1.52 bits per heavy atom. The predicted molar refractivity (Wildman–Crippen MR) is 79.5 cm³/mol. The highest BCUT2D eigenvalue weighted by Gasteiger charge is 2.29. The lowest BCUT2D eigenvalue weighted by Gasteiger charge is -2.34. The standard InChI is InChI=1S/C15H21N3O3/c1-21-12-6-4-5-11(9-12)10-14(19)18-8-3-2-7-13(18)15(16)17-20/h4-6,9,13,20H,2-3,7-8,10H2,1H3,(H2,16,17). The fraction of sp³-hybridized carbons (Fsp3) is 0.467. The van der Waals surface area contributed by atoms with Crippen LogP contribution in [0.15, 0.2) is 29.4 Å². The van der Waals surface area contributed by atoms with Gasteiger partial charge in [0.25, 0.3) is 0 Å². The van der Waals surface area contributed by atoms with Crippen LogP contribution in [0.5, 0.6) is 5.75 Å². The van der Waals surface area contributed by atoms with Crippen LogP contribution in [0, 0.1) is 0 Å². The second-order valence-electron chi connectivity index (χ2n) is 5.15. The van der Waals surface area contributed by atoms with Gasteiger partial charge in [-0.1, -0.05) is 17.3 Å². The molecule has 0 bridgehead atoms. The molecular weight excluding hydrogens is 270 g/mol. The van der Waals surface area contributed by atoms with E-state index in [0.717, 1.165) is 30.6 Å². The van der Waals surface area contributed by atoms with Crippen molar-refractivity contribution in [3.8, 4) is 5.75 Å². The Labute approximate surface area is 124 Å². The molecular formula is C15H21N3O3. The van der Waals surface area contributed by atoms with Gasteiger partial charge in [-0.15, -0.1) is 0 Å². The van der Waals surface area contributed by atoms with E-state index in [9.17, 15) is 4.79 Å². The summed E-state index contributed by atoms with van der Waals surface area (Å²) in [5, 5.41) is 11.9. The molecule has 0 aliphatic carbocycles. The zero-order chi connectivity index (χ0) is 15.2. The van der Waals surface area contributed by atoms with Gasteiger partial charge in [0.1, 0.15) is 5.75 Å². The van der Waals surface area contributed by atoms with Gasteiger partial charge < -0.3 is 20.6 Å². The Hall–Kier alpha value is -2.24. The molecule has 114 valence electrons. The first-order chi connectivity index (χ1) is 10.2. The van der Waals surface area contributed by atoms with E-state index in [1.165, 1.54) is 0 Å². The van der Waals surface area contributed by atoms with Gasteiger partial charge in [-0.05, 0) is 37.0 Å². The molecule has 1 aliphatic heterocycles. The first-order valence-electron chi connectivity index (χ1n) is 7.05. The highest BCUT2D eigenvalue weighted by molar-refractivity contribution is 5.90. The smallest absolute Gasteiger partial charge is 0.227 e. The minimum absolute atomic E-state index is 0.0143. The number of piperidine rings is 1. The SMILES string of the molecule is COc1cccc(CC(=O)N2CCCCC2C(N)=NO)c1. The number of amidine groups is 1. The molecule has 1 amide bonds. The first kappa shape index (κ1) is 15.2. The number of hydrogen-bond donors (Lipinski definition) is 2. The predicted octanol–water partition coefficient (Wildman–Crippen LogP) is 1.37. The molecule has 1 aliphatic rings. The van der Waals surface area contributed by atoms with Crippen LogP contribution in [-0.4, -0.2) is 41.5 Å². The van der Waals surface area contributed by atoms with Gasteiger partial charge in [0.05, 0.1) is 19.6 Å². The Morgan fingerprint density at radius 2 is 2.33 bits per heavy atom. The van der Waals surface area contributed by atoms with Gasteiger partial charge in [0.2, 0.25) is 5.91 Å². The van der Waals surface area contributed by atoms with Crippen LogP contribution >= 0.6 is 0 Å². The van der Waals surface area contributed by atoms with Crippen molar-refractivity contribution in [2.75, 3.05) is 13.7 Å². The summed E-state index contributed by atoms with van der Waals surface area (Å²) >= 11 is 0. The highest BCUT2D eigenvalue weighted by Crippen LogP contribution is 2.20.